The van der Waals surface area contributed by atoms with Crippen molar-refractivity contribution in [2.45, 2.75) is 32.4 Å². The van der Waals surface area contributed by atoms with E-state index in [-0.39, 0.29) is 11.8 Å². The summed E-state index contributed by atoms with van der Waals surface area (Å²) >= 11 is 0. The number of aromatic nitrogens is 1. The van der Waals surface area contributed by atoms with Gasteiger partial charge in [0.05, 0.1) is 0 Å². The number of piperidine rings is 1. The number of hydrogen-bond donors (Lipinski definition) is 1. The summed E-state index contributed by atoms with van der Waals surface area (Å²) in [5, 5.41) is 4.42. The summed E-state index contributed by atoms with van der Waals surface area (Å²) in [5.41, 5.74) is 2.63. The number of rotatable bonds is 6. The predicted molar refractivity (Wildman–Crippen MR) is 107 cm³/mol. The Hall–Kier alpha value is -1.85. The van der Waals surface area contributed by atoms with Gasteiger partial charge in [0.25, 0.3) is 0 Å². The topological polar surface area (TPSA) is 40.5 Å². The van der Waals surface area contributed by atoms with Gasteiger partial charge in [0.15, 0.2) is 0 Å². The molecule has 1 N–H and O–H groups in total. The van der Waals surface area contributed by atoms with Crippen LogP contribution in [0.2, 0.25) is 0 Å². The van der Waals surface area contributed by atoms with Crippen LogP contribution in [-0.4, -0.2) is 60.0 Å². The van der Waals surface area contributed by atoms with E-state index in [0.29, 0.717) is 6.04 Å². The fourth-order valence-corrected chi connectivity index (χ4v) is 3.66. The minimum atomic E-state index is 0.160. The van der Waals surface area contributed by atoms with Crippen molar-refractivity contribution in [1.29, 1.82) is 0 Å². The molecule has 0 spiro atoms. The third-order valence-electron chi connectivity index (χ3n) is 5.85. The number of likely N-dealkylation sites (N-methyl/N-ethyl adjacent to an activating group) is 1. The molecule has 1 unspecified atom stereocenters. The van der Waals surface area contributed by atoms with Crippen molar-refractivity contribution in [1.82, 2.24) is 19.7 Å². The number of nitrogens with one attached hydrogen (secondary N) is 1. The van der Waals surface area contributed by atoms with Gasteiger partial charge in [0.1, 0.15) is 0 Å². The zero-order chi connectivity index (χ0) is 18.7. The minimum Gasteiger partial charge on any atom is -0.354 e. The number of aryl methyl sites for hydroxylation is 1. The zero-order valence-corrected chi connectivity index (χ0v) is 16.5. The van der Waals surface area contributed by atoms with Crippen molar-refractivity contribution in [2.75, 3.05) is 33.7 Å². The van der Waals surface area contributed by atoms with E-state index in [2.05, 4.69) is 64.0 Å². The smallest absolute Gasteiger partial charge is 0.223 e. The normalized spacial score (nSPS) is 17.7. The molecule has 5 nitrogen and oxygen atoms in total. The summed E-state index contributed by atoms with van der Waals surface area (Å²) < 4.78 is 2.29. The van der Waals surface area contributed by atoms with Crippen molar-refractivity contribution in [2.24, 2.45) is 13.0 Å². The number of fused-ring (bicyclic) bond motifs is 1. The summed E-state index contributed by atoms with van der Waals surface area (Å²) in [6.45, 7) is 5.79. The van der Waals surface area contributed by atoms with Crippen LogP contribution in [0, 0.1) is 5.92 Å². The average Bonchev–Trinajstić information content (AvgIpc) is 2.96. The molecule has 5 heteroatoms. The maximum Gasteiger partial charge on any atom is 0.223 e. The molecule has 0 radical (unpaired) electrons. The van der Waals surface area contributed by atoms with E-state index >= 15 is 0 Å². The molecule has 2 heterocycles. The van der Waals surface area contributed by atoms with Crippen LogP contribution in [0.3, 0.4) is 0 Å². The molecule has 0 bridgehead atoms. The Morgan fingerprint density at radius 2 is 1.96 bits per heavy atom. The molecule has 1 amide bonds. The van der Waals surface area contributed by atoms with Crippen LogP contribution in [0.5, 0.6) is 0 Å². The average molecular weight is 357 g/mol. The summed E-state index contributed by atoms with van der Waals surface area (Å²) in [4.78, 5) is 17.0. The number of amides is 1. The van der Waals surface area contributed by atoms with Gasteiger partial charge in [0, 0.05) is 43.3 Å². The van der Waals surface area contributed by atoms with Crippen LogP contribution in [0.4, 0.5) is 0 Å². The Kier molecular flexibility index (Phi) is 5.99. The highest BCUT2D eigenvalue weighted by Gasteiger charge is 2.25. The zero-order valence-electron chi connectivity index (χ0n) is 16.5. The molecule has 1 saturated heterocycles. The molecular weight excluding hydrogens is 324 g/mol. The Labute approximate surface area is 157 Å². The second kappa shape index (κ2) is 8.23. The van der Waals surface area contributed by atoms with Crippen LogP contribution in [0.1, 0.15) is 25.5 Å². The Morgan fingerprint density at radius 3 is 2.62 bits per heavy atom. The lowest BCUT2D eigenvalue weighted by Crippen LogP contribution is -2.44. The standard InChI is InChI=1S/C21H32N4O/c1-16(23(2)3)14-22-21(26)17-9-11-25(12-10-17)15-19-13-18-7-5-6-8-20(18)24(19)4/h5-8,13,16-17H,9-12,14-15H2,1-4H3,(H,22,26). The first-order valence-corrected chi connectivity index (χ1v) is 9.65. The van der Waals surface area contributed by atoms with Gasteiger partial charge in [-0.3, -0.25) is 9.69 Å². The lowest BCUT2D eigenvalue weighted by atomic mass is 9.95. The largest absolute Gasteiger partial charge is 0.354 e. The van der Waals surface area contributed by atoms with Crippen LogP contribution >= 0.6 is 0 Å². The predicted octanol–water partition coefficient (Wildman–Crippen LogP) is 2.46. The molecule has 1 aromatic carbocycles. The molecule has 1 atom stereocenters. The van der Waals surface area contributed by atoms with Gasteiger partial charge in [-0.1, -0.05) is 18.2 Å². The van der Waals surface area contributed by atoms with Gasteiger partial charge in [0.2, 0.25) is 5.91 Å². The third kappa shape index (κ3) is 4.27. The number of para-hydroxylation sites is 1. The molecule has 0 aliphatic carbocycles. The molecule has 3 rings (SSSR count). The van der Waals surface area contributed by atoms with E-state index in [1.54, 1.807) is 0 Å². The molecule has 0 saturated carbocycles. The summed E-state index contributed by atoms with van der Waals surface area (Å²) in [7, 11) is 6.23. The molecule has 26 heavy (non-hydrogen) atoms. The van der Waals surface area contributed by atoms with E-state index in [1.165, 1.54) is 16.6 Å². The number of benzene rings is 1. The summed E-state index contributed by atoms with van der Waals surface area (Å²) in [5.74, 6) is 0.385. The van der Waals surface area contributed by atoms with Gasteiger partial charge in [-0.15, -0.1) is 0 Å². The second-order valence-electron chi connectivity index (χ2n) is 7.86. The highest BCUT2D eigenvalue weighted by Crippen LogP contribution is 2.23. The van der Waals surface area contributed by atoms with E-state index in [1.807, 2.05) is 14.1 Å². The Morgan fingerprint density at radius 1 is 1.27 bits per heavy atom. The highest BCUT2D eigenvalue weighted by molar-refractivity contribution is 5.81. The van der Waals surface area contributed by atoms with Crippen molar-refractivity contribution < 1.29 is 4.79 Å². The molecule has 1 fully saturated rings. The van der Waals surface area contributed by atoms with Crippen molar-refractivity contribution in [3.8, 4) is 0 Å². The first kappa shape index (κ1) is 18.9. The van der Waals surface area contributed by atoms with Crippen molar-refractivity contribution >= 4 is 16.8 Å². The lowest BCUT2D eigenvalue weighted by molar-refractivity contribution is -0.126. The van der Waals surface area contributed by atoms with E-state index in [9.17, 15) is 4.79 Å². The van der Waals surface area contributed by atoms with E-state index in [4.69, 9.17) is 0 Å². The van der Waals surface area contributed by atoms with Crippen LogP contribution in [-0.2, 0) is 18.4 Å². The van der Waals surface area contributed by atoms with Gasteiger partial charge in [-0.25, -0.2) is 0 Å². The molecule has 1 aromatic heterocycles. The Balaban J connectivity index is 1.50. The van der Waals surface area contributed by atoms with Crippen LogP contribution in [0.15, 0.2) is 30.3 Å². The molecule has 1 aliphatic rings. The van der Waals surface area contributed by atoms with Gasteiger partial charge < -0.3 is 14.8 Å². The minimum absolute atomic E-state index is 0.160. The summed E-state index contributed by atoms with van der Waals surface area (Å²) in [6.07, 6.45) is 1.90. The quantitative estimate of drug-likeness (QED) is 0.864. The fourth-order valence-electron chi connectivity index (χ4n) is 3.66. The maximum absolute atomic E-state index is 12.4. The van der Waals surface area contributed by atoms with Crippen molar-refractivity contribution in [3.05, 3.63) is 36.0 Å². The van der Waals surface area contributed by atoms with E-state index in [0.717, 1.165) is 39.0 Å². The fraction of sp³-hybridized carbons (Fsp3) is 0.571. The number of hydrogen-bond acceptors (Lipinski definition) is 3. The van der Waals surface area contributed by atoms with Crippen molar-refractivity contribution in [3.63, 3.8) is 0 Å². The number of likely N-dealkylation sites (tertiary alicyclic amines) is 1. The van der Waals surface area contributed by atoms with E-state index < -0.39 is 0 Å². The molecule has 142 valence electrons. The summed E-state index contributed by atoms with van der Waals surface area (Å²) in [6, 6.07) is 11.2. The number of carbonyl (C=O) groups is 1. The van der Waals surface area contributed by atoms with Crippen LogP contribution < -0.4 is 5.32 Å². The lowest BCUT2D eigenvalue weighted by Gasteiger charge is -2.31. The third-order valence-corrected chi connectivity index (χ3v) is 5.85. The number of nitrogens with zero attached hydrogens (tertiary/aromatic N) is 3. The SMILES string of the molecule is CC(CNC(=O)C1CCN(Cc2cc3ccccc3n2C)CC1)N(C)C. The van der Waals surface area contributed by atoms with Gasteiger partial charge in [-0.2, -0.15) is 0 Å². The number of carbonyl (C=O) groups excluding carboxylic acids is 1. The van der Waals surface area contributed by atoms with Crippen LogP contribution in [0.25, 0.3) is 10.9 Å². The van der Waals surface area contributed by atoms with Gasteiger partial charge in [-0.05, 0) is 64.5 Å². The highest BCUT2D eigenvalue weighted by atomic mass is 16.1. The van der Waals surface area contributed by atoms with Gasteiger partial charge >= 0.3 is 0 Å². The first-order valence-electron chi connectivity index (χ1n) is 9.65. The maximum atomic E-state index is 12.4. The molecule has 2 aromatic rings. The molecular formula is C21H32N4O. The monoisotopic (exact) mass is 356 g/mol. The second-order valence-corrected chi connectivity index (χ2v) is 7.86. The molecule has 1 aliphatic heterocycles. The first-order chi connectivity index (χ1) is 12.5. The Bertz CT molecular complexity index is 744.